The molecule has 2 heterocycles. The lowest BCUT2D eigenvalue weighted by Crippen LogP contribution is -2.39. The maximum absolute atomic E-state index is 13.2. The van der Waals surface area contributed by atoms with Gasteiger partial charge in [-0.2, -0.15) is 5.26 Å². The summed E-state index contributed by atoms with van der Waals surface area (Å²) in [5.74, 6) is 1.40. The third-order valence-electron chi connectivity index (χ3n) is 9.40. The Hall–Kier alpha value is -4.60. The van der Waals surface area contributed by atoms with E-state index in [1.807, 2.05) is 84.9 Å². The molecule has 1 saturated heterocycles. The molecule has 1 N–H and O–H groups in total. The van der Waals surface area contributed by atoms with Crippen molar-refractivity contribution in [1.29, 1.82) is 5.26 Å². The molecule has 292 valence electrons. The molecule has 0 spiro atoms. The number of aromatic nitrogens is 2. The first-order chi connectivity index (χ1) is 26.5. The first-order valence-electron chi connectivity index (χ1n) is 18.4. The smallest absolute Gasteiger partial charge is 0.330 e. The van der Waals surface area contributed by atoms with Gasteiger partial charge in [0.05, 0.1) is 46.0 Å². The maximum atomic E-state index is 13.2. The van der Waals surface area contributed by atoms with E-state index in [4.69, 9.17) is 33.3 Å². The molecule has 5 rings (SSSR count). The minimum atomic E-state index is -1.66. The van der Waals surface area contributed by atoms with Crippen molar-refractivity contribution in [3.63, 3.8) is 0 Å². The molecule has 12 nitrogen and oxygen atoms in total. The van der Waals surface area contributed by atoms with Crippen LogP contribution in [0, 0.1) is 18.3 Å². The molecule has 0 amide bonds. The topological polar surface area (TPSA) is 137 Å². The zero-order chi connectivity index (χ0) is 39.5. The fraction of sp³-hybridized carbons (Fsp3) is 0.405. The average Bonchev–Trinajstić information content (AvgIpc) is 3.58. The van der Waals surface area contributed by atoms with Crippen molar-refractivity contribution in [2.24, 2.45) is 0 Å². The fourth-order valence-corrected chi connectivity index (χ4v) is 8.49. The SMILES string of the molecule is COc1ccc(C(OC[C@H]2O[C@@H](n3cc(C)c(=O)[nH]c3=O)C[C@@H]2OP(OC/C=C/CC#N)N(C(C)C)C(C)C)(c2ccccc2)c2ccc(OC)cc2)cc1. The summed E-state index contributed by atoms with van der Waals surface area (Å²) in [5, 5.41) is 9.02. The highest BCUT2D eigenvalue weighted by molar-refractivity contribution is 7.44. The molecular weight excluding hydrogens is 719 g/mol. The van der Waals surface area contributed by atoms with Gasteiger partial charge in [-0.15, -0.1) is 0 Å². The summed E-state index contributed by atoms with van der Waals surface area (Å²) in [6, 6.07) is 27.8. The second-order valence-electron chi connectivity index (χ2n) is 13.7. The van der Waals surface area contributed by atoms with Crippen LogP contribution in [0.1, 0.15) is 69.0 Å². The van der Waals surface area contributed by atoms with E-state index in [9.17, 15) is 9.59 Å². The van der Waals surface area contributed by atoms with E-state index in [-0.39, 0.29) is 38.1 Å². The first-order valence-corrected chi connectivity index (χ1v) is 19.5. The highest BCUT2D eigenvalue weighted by atomic mass is 31.2. The van der Waals surface area contributed by atoms with E-state index in [1.54, 1.807) is 27.2 Å². The Morgan fingerprint density at radius 3 is 2.05 bits per heavy atom. The summed E-state index contributed by atoms with van der Waals surface area (Å²) < 4.78 is 41.9. The standard InChI is InChI=1S/C42H51N4O8P/c1-29(2)46(30(3)4)55(52-25-13-9-12-24-43)54-37-26-39(45-27-31(5)40(47)44-41(45)48)53-38(37)28-51-42(32-14-10-8-11-15-32,33-16-20-35(49-6)21-17-33)34-18-22-36(50-7)23-19-34/h8-11,13-23,27,29-30,37-39H,12,25-26,28H2,1-7H3,(H,44,47,48)/b13-9+/t37-,38+,39+,55?/m0/s1. The first kappa shape index (κ1) is 41.6. The van der Waals surface area contributed by atoms with E-state index in [1.165, 1.54) is 10.8 Å². The Morgan fingerprint density at radius 1 is 0.927 bits per heavy atom. The summed E-state index contributed by atoms with van der Waals surface area (Å²) in [7, 11) is 1.60. The normalized spacial score (nSPS) is 17.9. The van der Waals surface area contributed by atoms with Crippen molar-refractivity contribution in [1.82, 2.24) is 14.2 Å². The van der Waals surface area contributed by atoms with Crippen LogP contribution in [0.25, 0.3) is 0 Å². The van der Waals surface area contributed by atoms with Crippen molar-refractivity contribution >= 4 is 8.53 Å². The molecule has 0 radical (unpaired) electrons. The summed E-state index contributed by atoms with van der Waals surface area (Å²) in [6.07, 6.45) is 3.59. The Labute approximate surface area is 324 Å². The summed E-state index contributed by atoms with van der Waals surface area (Å²) in [5.41, 5.74) is 0.793. The van der Waals surface area contributed by atoms with Crippen LogP contribution in [-0.4, -0.2) is 65.9 Å². The molecule has 4 atom stereocenters. The molecule has 0 aliphatic carbocycles. The molecule has 1 fully saturated rings. The van der Waals surface area contributed by atoms with E-state index in [0.717, 1.165) is 16.7 Å². The molecule has 4 aromatic rings. The number of nitriles is 1. The van der Waals surface area contributed by atoms with E-state index < -0.39 is 43.8 Å². The predicted octanol–water partition coefficient (Wildman–Crippen LogP) is 7.38. The molecule has 1 aliphatic heterocycles. The van der Waals surface area contributed by atoms with Crippen molar-refractivity contribution in [2.75, 3.05) is 27.4 Å². The third kappa shape index (κ3) is 9.80. The molecule has 0 saturated carbocycles. The molecule has 0 bridgehead atoms. The van der Waals surface area contributed by atoms with Gasteiger partial charge in [0.1, 0.15) is 29.4 Å². The molecule has 1 unspecified atom stereocenters. The highest BCUT2D eigenvalue weighted by Crippen LogP contribution is 2.50. The lowest BCUT2D eigenvalue weighted by atomic mass is 9.80. The van der Waals surface area contributed by atoms with Gasteiger partial charge in [0, 0.05) is 30.3 Å². The third-order valence-corrected chi connectivity index (χ3v) is 11.5. The van der Waals surface area contributed by atoms with Gasteiger partial charge >= 0.3 is 5.69 Å². The van der Waals surface area contributed by atoms with Gasteiger partial charge in [0.2, 0.25) is 0 Å². The molecule has 55 heavy (non-hydrogen) atoms. The van der Waals surface area contributed by atoms with Gasteiger partial charge < -0.3 is 28.0 Å². The largest absolute Gasteiger partial charge is 0.497 e. The Bertz CT molecular complexity index is 1950. The maximum Gasteiger partial charge on any atom is 0.330 e. The summed E-state index contributed by atoms with van der Waals surface area (Å²) in [4.78, 5) is 27.9. The molecule has 3 aromatic carbocycles. The minimum absolute atomic E-state index is 0.0415. The predicted molar refractivity (Wildman–Crippen MR) is 212 cm³/mol. The Balaban J connectivity index is 1.59. The van der Waals surface area contributed by atoms with Gasteiger partial charge in [0.15, 0.2) is 0 Å². The second-order valence-corrected chi connectivity index (χ2v) is 15.1. The number of nitrogens with one attached hydrogen (secondary N) is 1. The number of hydrogen-bond donors (Lipinski definition) is 1. The lowest BCUT2D eigenvalue weighted by Gasteiger charge is -2.39. The Kier molecular flexibility index (Phi) is 14.6. The van der Waals surface area contributed by atoms with E-state index in [0.29, 0.717) is 17.1 Å². The molecular formula is C42H51N4O8P. The van der Waals surface area contributed by atoms with Crippen LogP contribution in [0.5, 0.6) is 11.5 Å². The molecule has 1 aromatic heterocycles. The molecule has 13 heteroatoms. The van der Waals surface area contributed by atoms with Crippen LogP contribution in [0.3, 0.4) is 0 Å². The second kappa shape index (κ2) is 19.3. The number of hydrogen-bond acceptors (Lipinski definition) is 10. The highest BCUT2D eigenvalue weighted by Gasteiger charge is 2.45. The van der Waals surface area contributed by atoms with Crippen molar-refractivity contribution in [2.45, 2.75) is 83.6 Å². The number of rotatable bonds is 18. The van der Waals surface area contributed by atoms with Crippen molar-refractivity contribution in [3.05, 3.63) is 140 Å². The van der Waals surface area contributed by atoms with Gasteiger partial charge in [-0.3, -0.25) is 14.3 Å². The lowest BCUT2D eigenvalue weighted by molar-refractivity contribution is -0.0925. The van der Waals surface area contributed by atoms with Crippen molar-refractivity contribution < 1.29 is 28.0 Å². The zero-order valence-electron chi connectivity index (χ0n) is 32.5. The zero-order valence-corrected chi connectivity index (χ0v) is 33.4. The summed E-state index contributed by atoms with van der Waals surface area (Å²) in [6.45, 7) is 10.3. The number of methoxy groups -OCH3 is 2. The van der Waals surface area contributed by atoms with Crippen LogP contribution in [0.2, 0.25) is 0 Å². The number of ether oxygens (including phenoxy) is 4. The number of nitrogens with zero attached hydrogens (tertiary/aromatic N) is 3. The van der Waals surface area contributed by atoms with Crippen LogP contribution >= 0.6 is 8.53 Å². The fourth-order valence-electron chi connectivity index (χ4n) is 6.77. The number of aromatic amines is 1. The van der Waals surface area contributed by atoms with E-state index in [2.05, 4.69) is 43.4 Å². The van der Waals surface area contributed by atoms with Crippen LogP contribution in [0.15, 0.2) is 107 Å². The minimum Gasteiger partial charge on any atom is -0.497 e. The van der Waals surface area contributed by atoms with E-state index >= 15 is 0 Å². The summed E-state index contributed by atoms with van der Waals surface area (Å²) >= 11 is 0. The van der Waals surface area contributed by atoms with Gasteiger partial charge in [0.25, 0.3) is 14.1 Å². The number of H-pyrrole nitrogens is 1. The van der Waals surface area contributed by atoms with Crippen LogP contribution in [0.4, 0.5) is 0 Å². The average molecular weight is 771 g/mol. The number of allylic oxidation sites excluding steroid dienone is 1. The van der Waals surface area contributed by atoms with Crippen molar-refractivity contribution in [3.8, 4) is 17.6 Å². The van der Waals surface area contributed by atoms with Crippen LogP contribution in [-0.2, 0) is 24.1 Å². The number of aryl methyl sites for hydroxylation is 1. The van der Waals surface area contributed by atoms with Gasteiger partial charge in [-0.1, -0.05) is 66.7 Å². The quantitative estimate of drug-likeness (QED) is 0.0620. The Morgan fingerprint density at radius 2 is 1.51 bits per heavy atom. The monoisotopic (exact) mass is 770 g/mol. The molecule has 1 aliphatic rings. The van der Waals surface area contributed by atoms with Gasteiger partial charge in [-0.25, -0.2) is 9.46 Å². The number of benzene rings is 3. The van der Waals surface area contributed by atoms with Crippen LogP contribution < -0.4 is 20.7 Å². The van der Waals surface area contributed by atoms with Gasteiger partial charge in [-0.05, 0) is 75.6 Å².